The molecule has 0 aliphatic rings. The molecule has 0 aliphatic carbocycles. The number of benzene rings is 1. The van der Waals surface area contributed by atoms with Crippen molar-refractivity contribution in [2.24, 2.45) is 0 Å². The summed E-state index contributed by atoms with van der Waals surface area (Å²) in [5.74, 6) is -0.368. The number of esters is 1. The van der Waals surface area contributed by atoms with Crippen molar-refractivity contribution in [3.8, 4) is 0 Å². The molecule has 1 unspecified atom stereocenters. The predicted molar refractivity (Wildman–Crippen MR) is 71.7 cm³/mol. The minimum absolute atomic E-state index is 0.0195. The van der Waals surface area contributed by atoms with Crippen LogP contribution >= 0.6 is 0 Å². The lowest BCUT2D eigenvalue weighted by molar-refractivity contribution is -0.145. The Balaban J connectivity index is 2.42. The van der Waals surface area contributed by atoms with E-state index in [9.17, 15) is 9.90 Å². The minimum Gasteiger partial charge on any atom is -0.466 e. The smallest absolute Gasteiger partial charge is 0.308 e. The molecule has 1 rings (SSSR count). The summed E-state index contributed by atoms with van der Waals surface area (Å²) >= 11 is 0. The largest absolute Gasteiger partial charge is 0.466 e. The lowest BCUT2D eigenvalue weighted by atomic mass is 10.1. The Morgan fingerprint density at radius 3 is 2.50 bits per heavy atom. The van der Waals surface area contributed by atoms with Gasteiger partial charge in [0, 0.05) is 12.2 Å². The Morgan fingerprint density at radius 1 is 1.33 bits per heavy atom. The number of carbonyl (C=O) groups is 1. The van der Waals surface area contributed by atoms with Gasteiger partial charge in [-0.15, -0.1) is 0 Å². The molecule has 0 aromatic heterocycles. The molecule has 4 heteroatoms. The van der Waals surface area contributed by atoms with Crippen molar-refractivity contribution < 1.29 is 14.6 Å². The highest BCUT2D eigenvalue weighted by Gasteiger charge is 2.11. The van der Waals surface area contributed by atoms with Crippen LogP contribution in [0.25, 0.3) is 0 Å². The second kappa shape index (κ2) is 7.01. The number of rotatable bonds is 6. The van der Waals surface area contributed by atoms with Crippen LogP contribution in [-0.2, 0) is 9.53 Å². The maximum atomic E-state index is 11.2. The molecule has 0 heterocycles. The van der Waals surface area contributed by atoms with E-state index in [1.165, 1.54) is 0 Å². The van der Waals surface area contributed by atoms with Crippen LogP contribution < -0.4 is 5.32 Å². The second-order valence-electron chi connectivity index (χ2n) is 4.42. The van der Waals surface area contributed by atoms with Crippen LogP contribution in [-0.4, -0.2) is 30.3 Å². The molecular weight excluding hydrogens is 230 g/mol. The number of aliphatic hydroxyl groups is 1. The summed E-state index contributed by atoms with van der Waals surface area (Å²) in [6.45, 7) is 6.47. The van der Waals surface area contributed by atoms with Crippen molar-refractivity contribution in [2.75, 3.05) is 18.5 Å². The molecule has 0 radical (unpaired) electrons. The molecule has 2 N–H and O–H groups in total. The summed E-state index contributed by atoms with van der Waals surface area (Å²) in [5.41, 5.74) is 3.28. The van der Waals surface area contributed by atoms with E-state index < -0.39 is 6.10 Å². The van der Waals surface area contributed by atoms with Gasteiger partial charge in [-0.3, -0.25) is 4.79 Å². The normalized spacial score (nSPS) is 12.0. The summed E-state index contributed by atoms with van der Waals surface area (Å²) in [5, 5.41) is 12.8. The number of anilines is 1. The van der Waals surface area contributed by atoms with E-state index in [2.05, 4.69) is 11.4 Å². The third-order valence-electron chi connectivity index (χ3n) is 2.47. The van der Waals surface area contributed by atoms with Gasteiger partial charge in [-0.05, 0) is 44.0 Å². The molecule has 0 fully saturated rings. The topological polar surface area (TPSA) is 58.6 Å². The van der Waals surface area contributed by atoms with Crippen LogP contribution in [0.1, 0.15) is 24.5 Å². The molecule has 0 spiro atoms. The molecule has 0 amide bonds. The van der Waals surface area contributed by atoms with Crippen molar-refractivity contribution in [3.63, 3.8) is 0 Å². The standard InChI is InChI=1S/C14H21NO3/c1-4-18-14(17)8-13(16)9-15-12-6-10(2)5-11(3)7-12/h5-7,13,15-16H,4,8-9H2,1-3H3. The van der Waals surface area contributed by atoms with E-state index in [4.69, 9.17) is 4.74 Å². The molecule has 4 nitrogen and oxygen atoms in total. The van der Waals surface area contributed by atoms with E-state index in [1.807, 2.05) is 26.0 Å². The van der Waals surface area contributed by atoms with Crippen molar-refractivity contribution >= 4 is 11.7 Å². The lowest BCUT2D eigenvalue weighted by Gasteiger charge is -2.13. The SMILES string of the molecule is CCOC(=O)CC(O)CNc1cc(C)cc(C)c1. The molecule has 18 heavy (non-hydrogen) atoms. The van der Waals surface area contributed by atoms with Gasteiger partial charge in [0.15, 0.2) is 0 Å². The second-order valence-corrected chi connectivity index (χ2v) is 4.42. The summed E-state index contributed by atoms with van der Waals surface area (Å²) in [6, 6.07) is 6.09. The van der Waals surface area contributed by atoms with Crippen LogP contribution in [0.5, 0.6) is 0 Å². The highest BCUT2D eigenvalue weighted by molar-refractivity contribution is 5.70. The molecule has 0 saturated carbocycles. The van der Waals surface area contributed by atoms with Crippen LogP contribution in [0.3, 0.4) is 0 Å². The van der Waals surface area contributed by atoms with Crippen molar-refractivity contribution in [3.05, 3.63) is 29.3 Å². The highest BCUT2D eigenvalue weighted by Crippen LogP contribution is 2.13. The first kappa shape index (κ1) is 14.5. The van der Waals surface area contributed by atoms with Gasteiger partial charge in [0.25, 0.3) is 0 Å². The summed E-state index contributed by atoms with van der Waals surface area (Å²) < 4.78 is 4.78. The lowest BCUT2D eigenvalue weighted by Crippen LogP contribution is -2.23. The summed E-state index contributed by atoms with van der Waals surface area (Å²) in [6.07, 6.45) is -0.712. The van der Waals surface area contributed by atoms with Crippen LogP contribution in [0.4, 0.5) is 5.69 Å². The van der Waals surface area contributed by atoms with Gasteiger partial charge in [-0.1, -0.05) is 6.07 Å². The van der Waals surface area contributed by atoms with Crippen molar-refractivity contribution in [1.82, 2.24) is 0 Å². The fourth-order valence-corrected chi connectivity index (χ4v) is 1.80. The van der Waals surface area contributed by atoms with Gasteiger partial charge in [-0.25, -0.2) is 0 Å². The maximum Gasteiger partial charge on any atom is 0.308 e. The molecular formula is C14H21NO3. The van der Waals surface area contributed by atoms with E-state index in [0.717, 1.165) is 16.8 Å². The number of aryl methyl sites for hydroxylation is 2. The van der Waals surface area contributed by atoms with Gasteiger partial charge in [0.05, 0.1) is 19.1 Å². The molecule has 1 aromatic rings. The van der Waals surface area contributed by atoms with Gasteiger partial charge in [0.1, 0.15) is 0 Å². The Morgan fingerprint density at radius 2 is 1.94 bits per heavy atom. The van der Waals surface area contributed by atoms with Gasteiger partial charge in [-0.2, -0.15) is 0 Å². The zero-order valence-corrected chi connectivity index (χ0v) is 11.2. The van der Waals surface area contributed by atoms with E-state index in [1.54, 1.807) is 6.92 Å². The first-order chi connectivity index (χ1) is 8.51. The molecule has 0 saturated heterocycles. The average molecular weight is 251 g/mol. The average Bonchev–Trinajstić information content (AvgIpc) is 2.25. The zero-order chi connectivity index (χ0) is 13.5. The van der Waals surface area contributed by atoms with Gasteiger partial charge < -0.3 is 15.2 Å². The predicted octanol–water partition coefficient (Wildman–Crippen LogP) is 2.03. The first-order valence-electron chi connectivity index (χ1n) is 6.17. The number of aliphatic hydroxyl groups excluding tert-OH is 1. The van der Waals surface area contributed by atoms with Crippen LogP contribution in [0.15, 0.2) is 18.2 Å². The monoisotopic (exact) mass is 251 g/mol. The molecule has 1 aromatic carbocycles. The number of hydrogen-bond donors (Lipinski definition) is 2. The van der Waals surface area contributed by atoms with E-state index >= 15 is 0 Å². The molecule has 0 bridgehead atoms. The molecule has 100 valence electrons. The van der Waals surface area contributed by atoms with Crippen molar-refractivity contribution in [1.29, 1.82) is 0 Å². The Hall–Kier alpha value is -1.55. The number of carbonyl (C=O) groups excluding carboxylic acids is 1. The van der Waals surface area contributed by atoms with Crippen molar-refractivity contribution in [2.45, 2.75) is 33.3 Å². The van der Waals surface area contributed by atoms with Gasteiger partial charge >= 0.3 is 5.97 Å². The minimum atomic E-state index is -0.732. The quantitative estimate of drug-likeness (QED) is 0.759. The maximum absolute atomic E-state index is 11.2. The molecule has 0 aliphatic heterocycles. The fourth-order valence-electron chi connectivity index (χ4n) is 1.80. The van der Waals surface area contributed by atoms with Crippen LogP contribution in [0.2, 0.25) is 0 Å². The zero-order valence-electron chi connectivity index (χ0n) is 11.2. The van der Waals surface area contributed by atoms with Crippen LogP contribution in [0, 0.1) is 13.8 Å². The number of hydrogen-bond acceptors (Lipinski definition) is 4. The Bertz CT molecular complexity index is 384. The fraction of sp³-hybridized carbons (Fsp3) is 0.500. The Labute approximate surface area is 108 Å². The van der Waals surface area contributed by atoms with E-state index in [-0.39, 0.29) is 12.4 Å². The number of ether oxygens (including phenoxy) is 1. The third-order valence-corrected chi connectivity index (χ3v) is 2.47. The third kappa shape index (κ3) is 5.19. The Kier molecular flexibility index (Phi) is 5.65. The number of nitrogens with one attached hydrogen (secondary N) is 1. The van der Waals surface area contributed by atoms with E-state index in [0.29, 0.717) is 13.2 Å². The highest BCUT2D eigenvalue weighted by atomic mass is 16.5. The summed E-state index contributed by atoms with van der Waals surface area (Å²) in [4.78, 5) is 11.2. The molecule has 1 atom stereocenters. The summed E-state index contributed by atoms with van der Waals surface area (Å²) in [7, 11) is 0. The van der Waals surface area contributed by atoms with Gasteiger partial charge in [0.2, 0.25) is 0 Å². The first-order valence-corrected chi connectivity index (χ1v) is 6.17.